The number of aryl methyl sites for hydroxylation is 3. The number of methoxy groups -OCH3 is 1. The molecule has 1 saturated heterocycles. The number of hydrogen-bond acceptors (Lipinski definition) is 5. The first-order valence-corrected chi connectivity index (χ1v) is 8.70. The number of furan rings is 1. The molecule has 3 heterocycles. The molecule has 3 rings (SSSR count). The van der Waals surface area contributed by atoms with Gasteiger partial charge in [0.25, 0.3) is 0 Å². The fraction of sp³-hybridized carbons (Fsp3) is 0.562. The molecule has 0 saturated carbocycles. The van der Waals surface area contributed by atoms with Crippen molar-refractivity contribution in [3.8, 4) is 5.88 Å². The van der Waals surface area contributed by atoms with Crippen LogP contribution in [0.2, 0.25) is 0 Å². The van der Waals surface area contributed by atoms with Gasteiger partial charge in [-0.1, -0.05) is 0 Å². The van der Waals surface area contributed by atoms with Gasteiger partial charge in [-0.25, -0.2) is 4.68 Å². The van der Waals surface area contributed by atoms with E-state index in [4.69, 9.17) is 9.15 Å². The molecule has 22 heavy (non-hydrogen) atoms. The number of rotatable bonds is 4. The van der Waals surface area contributed by atoms with Gasteiger partial charge >= 0.3 is 0 Å². The zero-order chi connectivity index (χ0) is 15.7. The molecule has 6 heteroatoms. The van der Waals surface area contributed by atoms with Crippen LogP contribution in [0.25, 0.3) is 0 Å². The lowest BCUT2D eigenvalue weighted by atomic mass is 10.1. The topological polar surface area (TPSA) is 43.4 Å². The van der Waals surface area contributed by atoms with Gasteiger partial charge in [0.05, 0.1) is 24.4 Å². The van der Waals surface area contributed by atoms with E-state index in [9.17, 15) is 0 Å². The lowest BCUT2D eigenvalue weighted by Gasteiger charge is -2.34. The van der Waals surface area contributed by atoms with E-state index in [0.29, 0.717) is 6.04 Å². The molecule has 1 atom stereocenters. The molecule has 1 aliphatic heterocycles. The minimum atomic E-state index is 0.316. The van der Waals surface area contributed by atoms with Crippen molar-refractivity contribution in [2.24, 2.45) is 7.05 Å². The van der Waals surface area contributed by atoms with E-state index in [-0.39, 0.29) is 0 Å². The molecule has 0 amide bonds. The standard InChI is InChI=1S/C16H23N3O2S/c1-11-5-6-15(21-11)14-10-22-8-7-19(14)9-13-12(2)17-18(3)16(13)20-4/h5-6,14H,7-10H2,1-4H3/t14-/m1/s1. The normalized spacial score (nSPS) is 19.5. The van der Waals surface area contributed by atoms with Crippen molar-refractivity contribution in [3.05, 3.63) is 34.9 Å². The van der Waals surface area contributed by atoms with E-state index in [1.54, 1.807) is 7.11 Å². The van der Waals surface area contributed by atoms with E-state index in [1.807, 2.05) is 43.4 Å². The fourth-order valence-corrected chi connectivity index (χ4v) is 4.17. The molecule has 5 nitrogen and oxygen atoms in total. The molecule has 0 unspecified atom stereocenters. The predicted octanol–water partition coefficient (Wildman–Crippen LogP) is 2.93. The lowest BCUT2D eigenvalue weighted by Crippen LogP contribution is -2.35. The van der Waals surface area contributed by atoms with Gasteiger partial charge in [-0.05, 0) is 26.0 Å². The van der Waals surface area contributed by atoms with Gasteiger partial charge in [-0.3, -0.25) is 4.90 Å². The second-order valence-electron chi connectivity index (χ2n) is 5.71. The van der Waals surface area contributed by atoms with Crippen molar-refractivity contribution in [1.82, 2.24) is 14.7 Å². The van der Waals surface area contributed by atoms with Crippen molar-refractivity contribution in [2.75, 3.05) is 25.2 Å². The molecule has 0 spiro atoms. The van der Waals surface area contributed by atoms with Crippen LogP contribution in [0.1, 0.15) is 28.8 Å². The summed E-state index contributed by atoms with van der Waals surface area (Å²) in [6.45, 7) is 5.93. The summed E-state index contributed by atoms with van der Waals surface area (Å²) in [5.74, 6) is 5.10. The highest BCUT2D eigenvalue weighted by molar-refractivity contribution is 7.99. The van der Waals surface area contributed by atoms with Crippen LogP contribution in [0.5, 0.6) is 5.88 Å². The first kappa shape index (κ1) is 15.5. The van der Waals surface area contributed by atoms with Crippen molar-refractivity contribution in [3.63, 3.8) is 0 Å². The van der Waals surface area contributed by atoms with E-state index < -0.39 is 0 Å². The van der Waals surface area contributed by atoms with Crippen molar-refractivity contribution < 1.29 is 9.15 Å². The Hall–Kier alpha value is -1.40. The summed E-state index contributed by atoms with van der Waals surface area (Å²) in [4.78, 5) is 2.47. The van der Waals surface area contributed by atoms with Crippen LogP contribution < -0.4 is 4.74 Å². The van der Waals surface area contributed by atoms with Crippen LogP contribution in [0.15, 0.2) is 16.5 Å². The van der Waals surface area contributed by atoms with Crippen LogP contribution in [0.4, 0.5) is 0 Å². The van der Waals surface area contributed by atoms with Crippen LogP contribution >= 0.6 is 11.8 Å². The van der Waals surface area contributed by atoms with Gasteiger partial charge < -0.3 is 9.15 Å². The van der Waals surface area contributed by atoms with E-state index in [2.05, 4.69) is 16.1 Å². The van der Waals surface area contributed by atoms with Gasteiger partial charge in [0, 0.05) is 31.6 Å². The Morgan fingerprint density at radius 1 is 1.41 bits per heavy atom. The zero-order valence-electron chi connectivity index (χ0n) is 13.6. The summed E-state index contributed by atoms with van der Waals surface area (Å²) in [5, 5.41) is 4.49. The Bertz CT molecular complexity index is 650. The van der Waals surface area contributed by atoms with Crippen molar-refractivity contribution >= 4 is 11.8 Å². The Morgan fingerprint density at radius 2 is 2.23 bits per heavy atom. The van der Waals surface area contributed by atoms with Gasteiger partial charge in [0.2, 0.25) is 5.88 Å². The SMILES string of the molecule is COc1c(CN2CCSC[C@@H]2c2ccc(C)o2)c(C)nn1C. The van der Waals surface area contributed by atoms with E-state index in [1.165, 1.54) is 5.56 Å². The highest BCUT2D eigenvalue weighted by Gasteiger charge is 2.29. The third-order valence-corrected chi connectivity index (χ3v) is 5.19. The molecule has 0 aliphatic carbocycles. The minimum Gasteiger partial charge on any atom is -0.481 e. The maximum absolute atomic E-state index is 5.88. The Kier molecular flexibility index (Phi) is 4.49. The second-order valence-corrected chi connectivity index (χ2v) is 6.86. The average molecular weight is 321 g/mol. The first-order chi connectivity index (χ1) is 10.6. The van der Waals surface area contributed by atoms with Gasteiger partial charge in [0.1, 0.15) is 11.5 Å². The maximum atomic E-state index is 5.88. The Balaban J connectivity index is 1.86. The summed E-state index contributed by atoms with van der Waals surface area (Å²) in [5.41, 5.74) is 2.21. The highest BCUT2D eigenvalue weighted by atomic mass is 32.2. The average Bonchev–Trinajstić information content (AvgIpc) is 3.04. The predicted molar refractivity (Wildman–Crippen MR) is 88.4 cm³/mol. The largest absolute Gasteiger partial charge is 0.481 e. The quantitative estimate of drug-likeness (QED) is 0.866. The molecule has 1 fully saturated rings. The van der Waals surface area contributed by atoms with Gasteiger partial charge in [-0.2, -0.15) is 16.9 Å². The summed E-state index contributed by atoms with van der Waals surface area (Å²) < 4.78 is 13.2. The van der Waals surface area contributed by atoms with Gasteiger partial charge in [-0.15, -0.1) is 0 Å². The molecule has 2 aromatic heterocycles. The first-order valence-electron chi connectivity index (χ1n) is 7.54. The molecule has 2 aromatic rings. The van der Waals surface area contributed by atoms with E-state index >= 15 is 0 Å². The molecule has 0 bridgehead atoms. The monoisotopic (exact) mass is 321 g/mol. The lowest BCUT2D eigenvalue weighted by molar-refractivity contribution is 0.184. The van der Waals surface area contributed by atoms with Crippen molar-refractivity contribution in [1.29, 1.82) is 0 Å². The van der Waals surface area contributed by atoms with Crippen LogP contribution in [-0.2, 0) is 13.6 Å². The fourth-order valence-electron chi connectivity index (χ4n) is 3.04. The molecular weight excluding hydrogens is 298 g/mol. The van der Waals surface area contributed by atoms with Crippen LogP contribution in [0.3, 0.4) is 0 Å². The maximum Gasteiger partial charge on any atom is 0.216 e. The van der Waals surface area contributed by atoms with Gasteiger partial charge in [0.15, 0.2) is 0 Å². The number of ether oxygens (including phenoxy) is 1. The number of aromatic nitrogens is 2. The Labute approximate surface area is 135 Å². The van der Waals surface area contributed by atoms with Crippen LogP contribution in [0, 0.1) is 13.8 Å². The molecule has 0 radical (unpaired) electrons. The summed E-state index contributed by atoms with van der Waals surface area (Å²) >= 11 is 1.99. The van der Waals surface area contributed by atoms with Crippen LogP contribution in [-0.4, -0.2) is 39.8 Å². The number of nitrogens with zero attached hydrogens (tertiary/aromatic N) is 3. The molecule has 1 aliphatic rings. The highest BCUT2D eigenvalue weighted by Crippen LogP contribution is 2.33. The Morgan fingerprint density at radius 3 is 2.91 bits per heavy atom. The molecule has 0 aromatic carbocycles. The number of thioether (sulfide) groups is 1. The van der Waals surface area contributed by atoms with E-state index in [0.717, 1.165) is 47.7 Å². The summed E-state index contributed by atoms with van der Waals surface area (Å²) in [6.07, 6.45) is 0. The third-order valence-electron chi connectivity index (χ3n) is 4.17. The number of hydrogen-bond donors (Lipinski definition) is 0. The smallest absolute Gasteiger partial charge is 0.216 e. The summed E-state index contributed by atoms with van der Waals surface area (Å²) in [6, 6.07) is 4.46. The molecular formula is C16H23N3O2S. The minimum absolute atomic E-state index is 0.316. The zero-order valence-corrected chi connectivity index (χ0v) is 14.4. The second kappa shape index (κ2) is 6.38. The summed E-state index contributed by atoms with van der Waals surface area (Å²) in [7, 11) is 3.63. The molecule has 120 valence electrons. The third kappa shape index (κ3) is 2.90. The molecule has 0 N–H and O–H groups in total. The van der Waals surface area contributed by atoms with Crippen molar-refractivity contribution in [2.45, 2.75) is 26.4 Å².